The SMILES string of the molecule is O=C(NCCSc1ncc(-c2ccccc2)[nH]1)c1ccc(Cl)cc1. The largest absolute Gasteiger partial charge is 0.351 e. The van der Waals surface area contributed by atoms with Crippen molar-refractivity contribution >= 4 is 29.3 Å². The zero-order valence-electron chi connectivity index (χ0n) is 12.8. The predicted molar refractivity (Wildman–Crippen MR) is 98.5 cm³/mol. The summed E-state index contributed by atoms with van der Waals surface area (Å²) in [6.45, 7) is 0.563. The molecule has 2 aromatic carbocycles. The number of imidazole rings is 1. The van der Waals surface area contributed by atoms with Gasteiger partial charge in [-0.05, 0) is 29.8 Å². The normalized spacial score (nSPS) is 10.5. The molecule has 0 aliphatic rings. The Morgan fingerprint density at radius 1 is 1.12 bits per heavy atom. The molecular formula is C18H16ClN3OS. The van der Waals surface area contributed by atoms with E-state index in [9.17, 15) is 4.79 Å². The topological polar surface area (TPSA) is 57.8 Å². The smallest absolute Gasteiger partial charge is 0.251 e. The van der Waals surface area contributed by atoms with Gasteiger partial charge in [-0.3, -0.25) is 4.79 Å². The standard InChI is InChI=1S/C18H16ClN3OS/c19-15-8-6-14(7-9-15)17(23)20-10-11-24-18-21-12-16(22-18)13-4-2-1-3-5-13/h1-9,12H,10-11H2,(H,20,23)(H,21,22). The molecule has 24 heavy (non-hydrogen) atoms. The van der Waals surface area contributed by atoms with Crippen molar-refractivity contribution in [2.45, 2.75) is 5.16 Å². The summed E-state index contributed by atoms with van der Waals surface area (Å²) in [5, 5.41) is 4.34. The number of carbonyl (C=O) groups excluding carboxylic acids is 1. The summed E-state index contributed by atoms with van der Waals surface area (Å²) in [6.07, 6.45) is 1.82. The van der Waals surface area contributed by atoms with Gasteiger partial charge in [-0.25, -0.2) is 4.98 Å². The van der Waals surface area contributed by atoms with Crippen LogP contribution >= 0.6 is 23.4 Å². The molecule has 1 heterocycles. The van der Waals surface area contributed by atoms with Crippen molar-refractivity contribution in [3.63, 3.8) is 0 Å². The highest BCUT2D eigenvalue weighted by molar-refractivity contribution is 7.99. The van der Waals surface area contributed by atoms with Gasteiger partial charge in [0.1, 0.15) is 0 Å². The van der Waals surface area contributed by atoms with Crippen molar-refractivity contribution in [3.05, 3.63) is 71.4 Å². The summed E-state index contributed by atoms with van der Waals surface area (Å²) in [6, 6.07) is 16.9. The Bertz CT molecular complexity index is 803. The van der Waals surface area contributed by atoms with Crippen LogP contribution in [-0.4, -0.2) is 28.2 Å². The Morgan fingerprint density at radius 2 is 1.88 bits per heavy atom. The average molecular weight is 358 g/mol. The summed E-state index contributed by atoms with van der Waals surface area (Å²) in [5.74, 6) is 0.637. The second-order valence-electron chi connectivity index (χ2n) is 5.08. The van der Waals surface area contributed by atoms with Crippen LogP contribution in [0.15, 0.2) is 66.0 Å². The number of aromatic amines is 1. The molecule has 4 nitrogen and oxygen atoms in total. The molecule has 0 bridgehead atoms. The highest BCUT2D eigenvalue weighted by atomic mass is 35.5. The maximum Gasteiger partial charge on any atom is 0.251 e. The Labute approximate surface area is 149 Å². The van der Waals surface area contributed by atoms with Crippen molar-refractivity contribution in [1.82, 2.24) is 15.3 Å². The molecule has 6 heteroatoms. The van der Waals surface area contributed by atoms with Gasteiger partial charge in [0, 0.05) is 22.9 Å². The zero-order valence-corrected chi connectivity index (χ0v) is 14.4. The maximum atomic E-state index is 12.0. The minimum Gasteiger partial charge on any atom is -0.351 e. The molecule has 2 N–H and O–H groups in total. The molecule has 0 spiro atoms. The third-order valence-corrected chi connectivity index (χ3v) is 4.51. The van der Waals surface area contributed by atoms with Crippen molar-refractivity contribution in [2.75, 3.05) is 12.3 Å². The number of rotatable bonds is 6. The zero-order chi connectivity index (χ0) is 16.8. The fourth-order valence-electron chi connectivity index (χ4n) is 2.16. The summed E-state index contributed by atoms with van der Waals surface area (Å²) < 4.78 is 0. The molecule has 0 saturated carbocycles. The molecule has 122 valence electrons. The third-order valence-electron chi connectivity index (χ3n) is 3.37. The van der Waals surface area contributed by atoms with Crippen LogP contribution in [0.4, 0.5) is 0 Å². The van der Waals surface area contributed by atoms with Gasteiger partial charge in [0.05, 0.1) is 11.9 Å². The summed E-state index contributed by atoms with van der Waals surface area (Å²) >= 11 is 7.38. The van der Waals surface area contributed by atoms with Crippen molar-refractivity contribution in [1.29, 1.82) is 0 Å². The molecule has 0 saturated heterocycles. The summed E-state index contributed by atoms with van der Waals surface area (Å²) in [7, 11) is 0. The summed E-state index contributed by atoms with van der Waals surface area (Å²) in [4.78, 5) is 19.6. The number of amides is 1. The molecule has 0 atom stereocenters. The first-order chi connectivity index (χ1) is 11.7. The van der Waals surface area contributed by atoms with Gasteiger partial charge in [-0.15, -0.1) is 0 Å². The van der Waals surface area contributed by atoms with Crippen LogP contribution in [0.3, 0.4) is 0 Å². The monoisotopic (exact) mass is 357 g/mol. The van der Waals surface area contributed by atoms with Gasteiger partial charge in [0.25, 0.3) is 5.91 Å². The Hall–Kier alpha value is -2.24. The third kappa shape index (κ3) is 4.40. The molecule has 0 fully saturated rings. The lowest BCUT2D eigenvalue weighted by molar-refractivity contribution is 0.0956. The lowest BCUT2D eigenvalue weighted by Gasteiger charge is -2.04. The van der Waals surface area contributed by atoms with E-state index in [1.807, 2.05) is 36.5 Å². The molecular weight excluding hydrogens is 342 g/mol. The number of hydrogen-bond acceptors (Lipinski definition) is 3. The van der Waals surface area contributed by atoms with Crippen molar-refractivity contribution in [2.24, 2.45) is 0 Å². The van der Waals surface area contributed by atoms with Crippen LogP contribution in [0.1, 0.15) is 10.4 Å². The number of thioether (sulfide) groups is 1. The van der Waals surface area contributed by atoms with Gasteiger partial charge in [-0.1, -0.05) is 53.7 Å². The van der Waals surface area contributed by atoms with E-state index in [2.05, 4.69) is 15.3 Å². The number of carbonyl (C=O) groups is 1. The Balaban J connectivity index is 1.46. The van der Waals surface area contributed by atoms with Gasteiger partial charge in [0.15, 0.2) is 5.16 Å². The lowest BCUT2D eigenvalue weighted by Crippen LogP contribution is -2.25. The molecule has 3 rings (SSSR count). The second kappa shape index (κ2) is 8.04. The van der Waals surface area contributed by atoms with E-state index in [0.29, 0.717) is 17.1 Å². The van der Waals surface area contributed by atoms with Gasteiger partial charge in [-0.2, -0.15) is 0 Å². The van der Waals surface area contributed by atoms with Crippen molar-refractivity contribution in [3.8, 4) is 11.3 Å². The second-order valence-corrected chi connectivity index (χ2v) is 6.60. The Morgan fingerprint density at radius 3 is 2.62 bits per heavy atom. The molecule has 1 amide bonds. The van der Waals surface area contributed by atoms with Crippen LogP contribution in [0.5, 0.6) is 0 Å². The van der Waals surface area contributed by atoms with Crippen LogP contribution in [0.2, 0.25) is 5.02 Å². The van der Waals surface area contributed by atoms with Crippen LogP contribution < -0.4 is 5.32 Å². The molecule has 1 aromatic heterocycles. The average Bonchev–Trinajstić information content (AvgIpc) is 3.09. The van der Waals surface area contributed by atoms with E-state index in [1.165, 1.54) is 0 Å². The quantitative estimate of drug-likeness (QED) is 0.512. The van der Waals surface area contributed by atoms with Gasteiger partial charge >= 0.3 is 0 Å². The number of aromatic nitrogens is 2. The number of nitrogens with one attached hydrogen (secondary N) is 2. The first-order valence-electron chi connectivity index (χ1n) is 7.49. The van der Waals surface area contributed by atoms with E-state index < -0.39 is 0 Å². The minimum atomic E-state index is -0.100. The fourth-order valence-corrected chi connectivity index (χ4v) is 2.99. The van der Waals surface area contributed by atoms with E-state index in [4.69, 9.17) is 11.6 Å². The fraction of sp³-hybridized carbons (Fsp3) is 0.111. The number of benzene rings is 2. The lowest BCUT2D eigenvalue weighted by atomic mass is 10.2. The van der Waals surface area contributed by atoms with Crippen LogP contribution in [0, 0.1) is 0 Å². The maximum absolute atomic E-state index is 12.0. The van der Waals surface area contributed by atoms with E-state index in [1.54, 1.807) is 36.0 Å². The first-order valence-corrected chi connectivity index (χ1v) is 8.86. The first kappa shape index (κ1) is 16.6. The number of halogens is 1. The highest BCUT2D eigenvalue weighted by Gasteiger charge is 2.06. The Kier molecular flexibility index (Phi) is 5.56. The molecule has 0 aliphatic heterocycles. The van der Waals surface area contributed by atoms with E-state index >= 15 is 0 Å². The number of H-pyrrole nitrogens is 1. The predicted octanol–water partition coefficient (Wildman–Crippen LogP) is 4.25. The van der Waals surface area contributed by atoms with E-state index in [0.717, 1.165) is 22.2 Å². The van der Waals surface area contributed by atoms with Crippen LogP contribution in [-0.2, 0) is 0 Å². The highest BCUT2D eigenvalue weighted by Crippen LogP contribution is 2.20. The van der Waals surface area contributed by atoms with Crippen LogP contribution in [0.25, 0.3) is 11.3 Å². The number of hydrogen-bond donors (Lipinski definition) is 2. The molecule has 0 aliphatic carbocycles. The summed E-state index contributed by atoms with van der Waals surface area (Å²) in [5.41, 5.74) is 2.70. The number of nitrogens with zero attached hydrogens (tertiary/aromatic N) is 1. The molecule has 0 radical (unpaired) electrons. The van der Waals surface area contributed by atoms with Gasteiger partial charge < -0.3 is 10.3 Å². The minimum absolute atomic E-state index is 0.100. The van der Waals surface area contributed by atoms with Crippen molar-refractivity contribution < 1.29 is 4.79 Å². The molecule has 0 unspecified atom stereocenters. The van der Waals surface area contributed by atoms with E-state index in [-0.39, 0.29) is 5.91 Å². The molecule has 3 aromatic rings. The van der Waals surface area contributed by atoms with Gasteiger partial charge in [0.2, 0.25) is 0 Å².